The Morgan fingerprint density at radius 3 is 2.25 bits per heavy atom. The number of aryl methyl sites for hydroxylation is 3. The summed E-state index contributed by atoms with van der Waals surface area (Å²) in [6.45, 7) is 5.89. The third-order valence-electron chi connectivity index (χ3n) is 2.66. The molecule has 1 aromatic rings. The maximum atomic E-state index is 11.1. The van der Waals surface area contributed by atoms with Gasteiger partial charge in [-0.2, -0.15) is 0 Å². The van der Waals surface area contributed by atoms with E-state index in [1.165, 1.54) is 7.11 Å². The van der Waals surface area contributed by atoms with Crippen LogP contribution in [0.4, 0.5) is 0 Å². The number of benzene rings is 1. The van der Waals surface area contributed by atoms with Crippen molar-refractivity contribution in [2.24, 2.45) is 0 Å². The van der Waals surface area contributed by atoms with Gasteiger partial charge in [-0.3, -0.25) is 4.79 Å². The Bertz CT molecular complexity index is 373. The first-order valence-electron chi connectivity index (χ1n) is 5.28. The molecular formula is C13H18O3. The minimum Gasteiger partial charge on any atom is -0.469 e. The highest BCUT2D eigenvalue weighted by atomic mass is 16.5. The number of aliphatic hydroxyl groups is 1. The maximum Gasteiger partial charge on any atom is 0.308 e. The molecule has 0 saturated carbocycles. The average molecular weight is 222 g/mol. The third-order valence-corrected chi connectivity index (χ3v) is 2.66. The number of esters is 1. The van der Waals surface area contributed by atoms with Crippen LogP contribution in [0.3, 0.4) is 0 Å². The molecule has 0 aromatic heterocycles. The van der Waals surface area contributed by atoms with E-state index >= 15 is 0 Å². The van der Waals surface area contributed by atoms with Crippen LogP contribution in [0.15, 0.2) is 12.1 Å². The molecule has 0 radical (unpaired) electrons. The molecule has 1 rings (SSSR count). The van der Waals surface area contributed by atoms with Crippen molar-refractivity contribution in [3.8, 4) is 0 Å². The Morgan fingerprint density at radius 2 is 1.81 bits per heavy atom. The standard InChI is InChI=1S/C13H18O3/c1-8-5-9(2)13(10(3)6-8)11(14)7-12(15)16-4/h5-6,11,14H,7H2,1-4H3/t11-/m0/s1. The lowest BCUT2D eigenvalue weighted by Gasteiger charge is -2.16. The van der Waals surface area contributed by atoms with E-state index in [9.17, 15) is 9.90 Å². The largest absolute Gasteiger partial charge is 0.469 e. The van der Waals surface area contributed by atoms with E-state index < -0.39 is 12.1 Å². The lowest BCUT2D eigenvalue weighted by Crippen LogP contribution is -2.10. The van der Waals surface area contributed by atoms with Crippen molar-refractivity contribution in [1.82, 2.24) is 0 Å². The number of ether oxygens (including phenoxy) is 1. The highest BCUT2D eigenvalue weighted by Gasteiger charge is 2.17. The van der Waals surface area contributed by atoms with Crippen LogP contribution in [0.5, 0.6) is 0 Å². The molecule has 3 heteroatoms. The molecule has 0 bridgehead atoms. The van der Waals surface area contributed by atoms with Gasteiger partial charge in [0.1, 0.15) is 0 Å². The molecular weight excluding hydrogens is 204 g/mol. The number of aliphatic hydroxyl groups excluding tert-OH is 1. The number of carbonyl (C=O) groups is 1. The molecule has 3 nitrogen and oxygen atoms in total. The number of rotatable bonds is 3. The summed E-state index contributed by atoms with van der Waals surface area (Å²) in [5.41, 5.74) is 4.00. The highest BCUT2D eigenvalue weighted by Crippen LogP contribution is 2.25. The predicted molar refractivity (Wildman–Crippen MR) is 62.2 cm³/mol. The van der Waals surface area contributed by atoms with Crippen LogP contribution in [0.25, 0.3) is 0 Å². The van der Waals surface area contributed by atoms with Crippen molar-refractivity contribution in [3.05, 3.63) is 34.4 Å². The van der Waals surface area contributed by atoms with Gasteiger partial charge in [0.2, 0.25) is 0 Å². The van der Waals surface area contributed by atoms with Gasteiger partial charge in [-0.05, 0) is 37.5 Å². The zero-order chi connectivity index (χ0) is 12.3. The Kier molecular flexibility index (Phi) is 4.07. The van der Waals surface area contributed by atoms with E-state index in [4.69, 9.17) is 0 Å². The van der Waals surface area contributed by atoms with E-state index in [2.05, 4.69) is 4.74 Å². The van der Waals surface area contributed by atoms with Crippen LogP contribution < -0.4 is 0 Å². The summed E-state index contributed by atoms with van der Waals surface area (Å²) < 4.78 is 4.55. The van der Waals surface area contributed by atoms with Crippen LogP contribution in [0.2, 0.25) is 0 Å². The maximum absolute atomic E-state index is 11.1. The van der Waals surface area contributed by atoms with Gasteiger partial charge < -0.3 is 9.84 Å². The summed E-state index contributed by atoms with van der Waals surface area (Å²) in [6, 6.07) is 4.01. The number of methoxy groups -OCH3 is 1. The van der Waals surface area contributed by atoms with Gasteiger partial charge in [-0.25, -0.2) is 0 Å². The Hall–Kier alpha value is -1.35. The first kappa shape index (κ1) is 12.7. The second-order valence-electron chi connectivity index (χ2n) is 4.11. The summed E-state index contributed by atoms with van der Waals surface area (Å²) in [7, 11) is 1.32. The van der Waals surface area contributed by atoms with Gasteiger partial charge in [0, 0.05) is 0 Å². The molecule has 0 aliphatic heterocycles. The zero-order valence-electron chi connectivity index (χ0n) is 10.2. The van der Waals surface area contributed by atoms with E-state index in [-0.39, 0.29) is 6.42 Å². The van der Waals surface area contributed by atoms with Gasteiger partial charge in [0.15, 0.2) is 0 Å². The quantitative estimate of drug-likeness (QED) is 0.797. The van der Waals surface area contributed by atoms with Crippen LogP contribution in [0.1, 0.15) is 34.8 Å². The van der Waals surface area contributed by atoms with E-state index in [1.54, 1.807) is 0 Å². The Balaban J connectivity index is 2.99. The fourth-order valence-electron chi connectivity index (χ4n) is 2.06. The number of hydrogen-bond donors (Lipinski definition) is 1. The molecule has 0 spiro atoms. The summed E-state index contributed by atoms with van der Waals surface area (Å²) >= 11 is 0. The predicted octanol–water partition coefficient (Wildman–Crippen LogP) is 2.21. The van der Waals surface area contributed by atoms with Gasteiger partial charge in [0.25, 0.3) is 0 Å². The van der Waals surface area contributed by atoms with E-state index in [0.29, 0.717) is 0 Å². The Morgan fingerprint density at radius 1 is 1.31 bits per heavy atom. The lowest BCUT2D eigenvalue weighted by atomic mass is 9.94. The van der Waals surface area contributed by atoms with Crippen molar-refractivity contribution in [2.75, 3.05) is 7.11 Å². The molecule has 0 fully saturated rings. The van der Waals surface area contributed by atoms with Crippen molar-refractivity contribution in [2.45, 2.75) is 33.3 Å². The number of hydrogen-bond acceptors (Lipinski definition) is 3. The average Bonchev–Trinajstić information content (AvgIpc) is 2.15. The van der Waals surface area contributed by atoms with Crippen molar-refractivity contribution in [3.63, 3.8) is 0 Å². The molecule has 0 unspecified atom stereocenters. The van der Waals surface area contributed by atoms with Gasteiger partial charge >= 0.3 is 5.97 Å². The smallest absolute Gasteiger partial charge is 0.308 e. The van der Waals surface area contributed by atoms with Crippen LogP contribution >= 0.6 is 0 Å². The summed E-state index contributed by atoms with van der Waals surface area (Å²) in [4.78, 5) is 11.1. The third kappa shape index (κ3) is 2.83. The Labute approximate surface area is 96.1 Å². The fraction of sp³-hybridized carbons (Fsp3) is 0.462. The highest BCUT2D eigenvalue weighted by molar-refractivity contribution is 5.70. The van der Waals surface area contributed by atoms with E-state index in [0.717, 1.165) is 22.3 Å². The van der Waals surface area contributed by atoms with Crippen molar-refractivity contribution in [1.29, 1.82) is 0 Å². The second-order valence-corrected chi connectivity index (χ2v) is 4.11. The molecule has 1 atom stereocenters. The SMILES string of the molecule is COC(=O)C[C@H](O)c1c(C)cc(C)cc1C. The lowest BCUT2D eigenvalue weighted by molar-refractivity contribution is -0.142. The van der Waals surface area contributed by atoms with Crippen molar-refractivity contribution >= 4 is 5.97 Å². The molecule has 1 N–H and O–H groups in total. The summed E-state index contributed by atoms with van der Waals surface area (Å²) in [5.74, 6) is -0.396. The molecule has 1 aromatic carbocycles. The zero-order valence-corrected chi connectivity index (χ0v) is 10.2. The van der Waals surface area contributed by atoms with Gasteiger partial charge in [-0.15, -0.1) is 0 Å². The molecule has 0 saturated heterocycles. The molecule has 16 heavy (non-hydrogen) atoms. The van der Waals surface area contributed by atoms with Crippen molar-refractivity contribution < 1.29 is 14.6 Å². The molecule has 0 heterocycles. The minimum absolute atomic E-state index is 0.00123. The monoisotopic (exact) mass is 222 g/mol. The van der Waals surface area contributed by atoms with Crippen LogP contribution in [-0.2, 0) is 9.53 Å². The first-order valence-corrected chi connectivity index (χ1v) is 5.28. The molecule has 0 amide bonds. The first-order chi connectivity index (χ1) is 7.45. The minimum atomic E-state index is -0.784. The summed E-state index contributed by atoms with van der Waals surface area (Å²) in [5, 5.41) is 9.97. The molecule has 88 valence electrons. The van der Waals surface area contributed by atoms with Gasteiger partial charge in [-0.1, -0.05) is 17.7 Å². The van der Waals surface area contributed by atoms with Gasteiger partial charge in [0.05, 0.1) is 19.6 Å². The summed E-state index contributed by atoms with van der Waals surface area (Å²) in [6.07, 6.45) is -0.783. The fourth-order valence-corrected chi connectivity index (χ4v) is 2.06. The van der Waals surface area contributed by atoms with Crippen LogP contribution in [0, 0.1) is 20.8 Å². The number of carbonyl (C=O) groups excluding carboxylic acids is 1. The normalized spacial score (nSPS) is 12.3. The molecule has 0 aliphatic rings. The van der Waals surface area contributed by atoms with E-state index in [1.807, 2.05) is 32.9 Å². The van der Waals surface area contributed by atoms with Crippen LogP contribution in [-0.4, -0.2) is 18.2 Å². The topological polar surface area (TPSA) is 46.5 Å². The molecule has 0 aliphatic carbocycles. The second kappa shape index (κ2) is 5.12.